The molecule has 37 heavy (non-hydrogen) atoms. The first-order valence-electron chi connectivity index (χ1n) is 12.2. The highest BCUT2D eigenvalue weighted by Crippen LogP contribution is 2.26. The average Bonchev–Trinajstić information content (AvgIpc) is 3.37. The lowest BCUT2D eigenvalue weighted by molar-refractivity contribution is -0.141. The van der Waals surface area contributed by atoms with Crippen LogP contribution in [0.4, 0.5) is 13.2 Å². The maximum atomic E-state index is 14.0. The predicted octanol–water partition coefficient (Wildman–Crippen LogP) is 6.18. The number of rotatable bonds is 9. The number of carbonyl (C=O) groups is 1. The number of likely N-dealkylation sites (tertiary alicyclic amines) is 1. The molecule has 0 amide bonds. The molecule has 0 saturated carbocycles. The van der Waals surface area contributed by atoms with Crippen molar-refractivity contribution >= 4 is 11.7 Å². The summed E-state index contributed by atoms with van der Waals surface area (Å²) in [5, 5.41) is 13.5. The van der Waals surface area contributed by atoms with Crippen LogP contribution in [-0.4, -0.2) is 34.8 Å². The molecule has 5 nitrogen and oxygen atoms in total. The van der Waals surface area contributed by atoms with Gasteiger partial charge in [-0.15, -0.1) is 0 Å². The van der Waals surface area contributed by atoms with E-state index < -0.39 is 23.4 Å². The molecule has 1 heterocycles. The number of oxime groups is 1. The summed E-state index contributed by atoms with van der Waals surface area (Å²) >= 11 is 0. The van der Waals surface area contributed by atoms with E-state index in [1.807, 2.05) is 13.0 Å². The fourth-order valence-electron chi connectivity index (χ4n) is 4.54. The molecule has 3 aromatic rings. The molecular formula is C29H29F3N2O3. The Bertz CT molecular complexity index is 1310. The van der Waals surface area contributed by atoms with Crippen molar-refractivity contribution < 1.29 is 27.9 Å². The second kappa shape index (κ2) is 11.6. The number of aliphatic carboxylic acids is 1. The van der Waals surface area contributed by atoms with Gasteiger partial charge in [-0.2, -0.15) is 0 Å². The largest absolute Gasteiger partial charge is 0.481 e. The molecule has 1 N–H and O–H groups in total. The van der Waals surface area contributed by atoms with Crippen molar-refractivity contribution in [2.24, 2.45) is 11.1 Å². The normalized spacial score (nSPS) is 16.2. The van der Waals surface area contributed by atoms with E-state index in [0.29, 0.717) is 24.2 Å². The van der Waals surface area contributed by atoms with Crippen LogP contribution in [0.15, 0.2) is 59.8 Å². The van der Waals surface area contributed by atoms with Crippen LogP contribution in [0.1, 0.15) is 42.5 Å². The average molecular weight is 511 g/mol. The first-order chi connectivity index (χ1) is 17.8. The molecule has 1 saturated heterocycles. The van der Waals surface area contributed by atoms with E-state index in [2.05, 4.69) is 29.1 Å². The quantitative estimate of drug-likeness (QED) is 0.212. The van der Waals surface area contributed by atoms with Crippen LogP contribution in [-0.2, 0) is 29.2 Å². The van der Waals surface area contributed by atoms with E-state index in [1.54, 1.807) is 24.3 Å². The van der Waals surface area contributed by atoms with Gasteiger partial charge >= 0.3 is 5.97 Å². The van der Waals surface area contributed by atoms with Gasteiger partial charge in [-0.1, -0.05) is 48.5 Å². The minimum atomic E-state index is -1.49. The van der Waals surface area contributed by atoms with Gasteiger partial charge in [-0.3, -0.25) is 9.69 Å². The van der Waals surface area contributed by atoms with Gasteiger partial charge in [0, 0.05) is 18.7 Å². The molecule has 1 atom stereocenters. The Morgan fingerprint density at radius 3 is 2.49 bits per heavy atom. The van der Waals surface area contributed by atoms with Gasteiger partial charge in [0.15, 0.2) is 17.5 Å². The van der Waals surface area contributed by atoms with Crippen molar-refractivity contribution in [3.05, 3.63) is 94.3 Å². The molecule has 0 unspecified atom stereocenters. The van der Waals surface area contributed by atoms with E-state index in [9.17, 15) is 23.1 Å². The first-order valence-corrected chi connectivity index (χ1v) is 12.2. The van der Waals surface area contributed by atoms with Crippen molar-refractivity contribution in [2.45, 2.75) is 39.8 Å². The Morgan fingerprint density at radius 1 is 1.05 bits per heavy atom. The van der Waals surface area contributed by atoms with E-state index >= 15 is 0 Å². The summed E-state index contributed by atoms with van der Waals surface area (Å²) in [6, 6.07) is 14.9. The Kier molecular flexibility index (Phi) is 8.28. The minimum absolute atomic E-state index is 0.0122. The van der Waals surface area contributed by atoms with Gasteiger partial charge in [0.25, 0.3) is 0 Å². The van der Waals surface area contributed by atoms with Crippen LogP contribution in [0.2, 0.25) is 0 Å². The summed E-state index contributed by atoms with van der Waals surface area (Å²) in [6.07, 6.45) is 1.53. The fraction of sp³-hybridized carbons (Fsp3) is 0.310. The van der Waals surface area contributed by atoms with Crippen LogP contribution in [0.25, 0.3) is 11.1 Å². The SMILES string of the molecule is CCc1cc(/C(C)=N/OCc2ccc(-c3ccc(F)c(F)c3F)cc2)ccc1CN1CC[C@H](C(=O)O)C1. The molecule has 1 fully saturated rings. The van der Waals surface area contributed by atoms with Crippen LogP contribution < -0.4 is 0 Å². The molecule has 194 valence electrons. The Labute approximate surface area is 214 Å². The lowest BCUT2D eigenvalue weighted by atomic mass is 9.99. The lowest BCUT2D eigenvalue weighted by Gasteiger charge is -2.18. The summed E-state index contributed by atoms with van der Waals surface area (Å²) in [5.74, 6) is -4.95. The maximum Gasteiger partial charge on any atom is 0.307 e. The highest BCUT2D eigenvalue weighted by molar-refractivity contribution is 5.98. The molecule has 1 aliphatic rings. The molecule has 0 aliphatic carbocycles. The second-order valence-electron chi connectivity index (χ2n) is 9.27. The van der Waals surface area contributed by atoms with Crippen LogP contribution in [0.5, 0.6) is 0 Å². The summed E-state index contributed by atoms with van der Waals surface area (Å²) in [6.45, 7) is 6.23. The summed E-state index contributed by atoms with van der Waals surface area (Å²) in [7, 11) is 0. The van der Waals surface area contributed by atoms with Crippen molar-refractivity contribution in [1.82, 2.24) is 4.90 Å². The van der Waals surface area contributed by atoms with Crippen molar-refractivity contribution in [3.8, 4) is 11.1 Å². The number of halogens is 3. The number of hydrogen-bond donors (Lipinski definition) is 1. The smallest absolute Gasteiger partial charge is 0.307 e. The monoisotopic (exact) mass is 510 g/mol. The zero-order valence-corrected chi connectivity index (χ0v) is 20.8. The van der Waals surface area contributed by atoms with Crippen LogP contribution in [0.3, 0.4) is 0 Å². The van der Waals surface area contributed by atoms with Gasteiger partial charge in [-0.05, 0) is 72.3 Å². The molecule has 4 rings (SSSR count). The number of aryl methyl sites for hydroxylation is 1. The first kappa shape index (κ1) is 26.4. The van der Waals surface area contributed by atoms with Crippen molar-refractivity contribution in [3.63, 3.8) is 0 Å². The summed E-state index contributed by atoms with van der Waals surface area (Å²) < 4.78 is 40.8. The molecule has 1 aliphatic heterocycles. The van der Waals surface area contributed by atoms with E-state index in [4.69, 9.17) is 4.84 Å². The topological polar surface area (TPSA) is 62.1 Å². The molecule has 8 heteroatoms. The molecular weight excluding hydrogens is 481 g/mol. The molecule has 0 radical (unpaired) electrons. The summed E-state index contributed by atoms with van der Waals surface area (Å²) in [5.41, 5.74) is 5.23. The van der Waals surface area contributed by atoms with Gasteiger partial charge in [0.2, 0.25) is 0 Å². The number of carboxylic acid groups (broad SMARTS) is 1. The summed E-state index contributed by atoms with van der Waals surface area (Å²) in [4.78, 5) is 18.9. The zero-order chi connectivity index (χ0) is 26.5. The number of benzene rings is 3. The van der Waals surface area contributed by atoms with E-state index in [0.717, 1.165) is 36.7 Å². The predicted molar refractivity (Wildman–Crippen MR) is 136 cm³/mol. The Morgan fingerprint density at radius 2 is 1.81 bits per heavy atom. The van der Waals surface area contributed by atoms with E-state index in [1.165, 1.54) is 17.2 Å². The fourth-order valence-corrected chi connectivity index (χ4v) is 4.54. The van der Waals surface area contributed by atoms with Gasteiger partial charge in [0.05, 0.1) is 11.6 Å². The molecule has 0 spiro atoms. The minimum Gasteiger partial charge on any atom is -0.481 e. The highest BCUT2D eigenvalue weighted by atomic mass is 19.2. The van der Waals surface area contributed by atoms with Gasteiger partial charge in [0.1, 0.15) is 6.61 Å². The standard InChI is InChI=1S/C29H29F3N2O3/c1-3-20-14-22(8-9-23(20)15-34-13-12-24(16-34)29(35)36)18(2)33-37-17-19-4-6-21(7-5-19)25-10-11-26(30)28(32)27(25)31/h4-11,14,24H,3,12-13,15-17H2,1-2H3,(H,35,36)/b33-18+/t24-/m0/s1. The zero-order valence-electron chi connectivity index (χ0n) is 20.8. The number of hydrogen-bond acceptors (Lipinski definition) is 4. The molecule has 3 aromatic carbocycles. The van der Waals surface area contributed by atoms with E-state index in [-0.39, 0.29) is 18.1 Å². The molecule has 0 bridgehead atoms. The Balaban J connectivity index is 1.37. The second-order valence-corrected chi connectivity index (χ2v) is 9.27. The third-order valence-electron chi connectivity index (χ3n) is 6.75. The number of nitrogens with zero attached hydrogens (tertiary/aromatic N) is 2. The van der Waals surface area contributed by atoms with Gasteiger partial charge < -0.3 is 9.94 Å². The third-order valence-corrected chi connectivity index (χ3v) is 6.75. The van der Waals surface area contributed by atoms with Crippen molar-refractivity contribution in [2.75, 3.05) is 13.1 Å². The van der Waals surface area contributed by atoms with Crippen LogP contribution >= 0.6 is 0 Å². The highest BCUT2D eigenvalue weighted by Gasteiger charge is 2.28. The van der Waals surface area contributed by atoms with Gasteiger partial charge in [-0.25, -0.2) is 13.2 Å². The Hall–Kier alpha value is -3.65. The lowest BCUT2D eigenvalue weighted by Crippen LogP contribution is -2.23. The number of carboxylic acids is 1. The van der Waals surface area contributed by atoms with Crippen molar-refractivity contribution in [1.29, 1.82) is 0 Å². The van der Waals surface area contributed by atoms with Crippen LogP contribution in [0, 0.1) is 23.4 Å². The maximum absolute atomic E-state index is 14.0. The third kappa shape index (κ3) is 6.20. The molecule has 0 aromatic heterocycles.